The maximum Gasteiger partial charge on any atom is 0.178 e. The van der Waals surface area contributed by atoms with E-state index in [9.17, 15) is 8.42 Å². The van der Waals surface area contributed by atoms with Gasteiger partial charge in [-0.05, 0) is 29.0 Å². The molecule has 0 unspecified atom stereocenters. The normalized spacial score (nSPS) is 13.1. The molecule has 0 heterocycles. The summed E-state index contributed by atoms with van der Waals surface area (Å²) in [6.07, 6.45) is 0. The smallest absolute Gasteiger partial charge is 0.178 e. The predicted molar refractivity (Wildman–Crippen MR) is 72.0 cm³/mol. The van der Waals surface area contributed by atoms with Gasteiger partial charge < -0.3 is 0 Å². The van der Waals surface area contributed by atoms with Gasteiger partial charge in [-0.2, -0.15) is 0 Å². The highest BCUT2D eigenvalue weighted by atomic mass is 32.2. The fourth-order valence-electron chi connectivity index (χ4n) is 1.72. The van der Waals surface area contributed by atoms with Gasteiger partial charge in [0.2, 0.25) is 0 Å². The Bertz CT molecular complexity index is 479. The number of rotatable bonds is 3. The molecule has 96 valence electrons. The lowest BCUT2D eigenvalue weighted by Crippen LogP contribution is -2.20. The van der Waals surface area contributed by atoms with Gasteiger partial charge >= 0.3 is 0 Å². The van der Waals surface area contributed by atoms with Gasteiger partial charge in [-0.1, -0.05) is 46.8 Å². The van der Waals surface area contributed by atoms with E-state index in [2.05, 4.69) is 13.8 Å². The van der Waals surface area contributed by atoms with Crippen LogP contribution in [0.1, 0.15) is 46.1 Å². The minimum atomic E-state index is -3.17. The average molecular weight is 254 g/mol. The summed E-state index contributed by atoms with van der Waals surface area (Å²) >= 11 is 0. The van der Waals surface area contributed by atoms with Crippen LogP contribution >= 0.6 is 0 Å². The zero-order valence-electron chi connectivity index (χ0n) is 11.3. The first-order valence-electron chi connectivity index (χ1n) is 5.94. The van der Waals surface area contributed by atoms with Crippen molar-refractivity contribution in [3.8, 4) is 0 Å². The van der Waals surface area contributed by atoms with E-state index < -0.39 is 9.84 Å². The third kappa shape index (κ3) is 4.15. The summed E-state index contributed by atoms with van der Waals surface area (Å²) in [7, 11) is -3.17. The van der Waals surface area contributed by atoms with E-state index in [0.717, 1.165) is 5.56 Å². The second kappa shape index (κ2) is 4.81. The summed E-state index contributed by atoms with van der Waals surface area (Å²) < 4.78 is 24.4. The van der Waals surface area contributed by atoms with Crippen molar-refractivity contribution in [3.05, 3.63) is 29.8 Å². The number of sulfone groups is 1. The number of benzene rings is 1. The van der Waals surface area contributed by atoms with Gasteiger partial charge in [-0.3, -0.25) is 0 Å². The van der Waals surface area contributed by atoms with Crippen LogP contribution < -0.4 is 0 Å². The number of hydrogen-bond donors (Lipinski definition) is 0. The maximum absolute atomic E-state index is 12.2. The Hall–Kier alpha value is -0.830. The summed E-state index contributed by atoms with van der Waals surface area (Å²) in [5, 5.41) is 0. The highest BCUT2D eigenvalue weighted by Gasteiger charge is 2.23. The standard InChI is InChI=1S/C14H22O2S/c1-11(2)12-7-6-8-13(9-12)17(15,16)10-14(3,4)5/h6-9,11H,10H2,1-5H3. The first-order chi connectivity index (χ1) is 7.62. The second-order valence-electron chi connectivity index (χ2n) is 6.05. The lowest BCUT2D eigenvalue weighted by atomic mass is 10.0. The van der Waals surface area contributed by atoms with E-state index >= 15 is 0 Å². The minimum absolute atomic E-state index is 0.182. The predicted octanol–water partition coefficient (Wildman–Crippen LogP) is 3.63. The molecule has 2 nitrogen and oxygen atoms in total. The quantitative estimate of drug-likeness (QED) is 0.825. The summed E-state index contributed by atoms with van der Waals surface area (Å²) in [4.78, 5) is 0.443. The molecule has 1 aromatic rings. The molecule has 0 aliphatic heterocycles. The molecule has 1 rings (SSSR count). The van der Waals surface area contributed by atoms with Crippen molar-refractivity contribution in [3.63, 3.8) is 0 Å². The van der Waals surface area contributed by atoms with Crippen LogP contribution in [0.25, 0.3) is 0 Å². The molecule has 0 bridgehead atoms. The topological polar surface area (TPSA) is 34.1 Å². The lowest BCUT2D eigenvalue weighted by molar-refractivity contribution is 0.461. The van der Waals surface area contributed by atoms with Crippen molar-refractivity contribution in [2.75, 3.05) is 5.75 Å². The highest BCUT2D eigenvalue weighted by Crippen LogP contribution is 2.24. The van der Waals surface area contributed by atoms with E-state index in [4.69, 9.17) is 0 Å². The van der Waals surface area contributed by atoms with Crippen molar-refractivity contribution in [1.82, 2.24) is 0 Å². The lowest BCUT2D eigenvalue weighted by Gasteiger charge is -2.18. The Kier molecular flexibility index (Phi) is 4.03. The molecule has 0 aliphatic carbocycles. The van der Waals surface area contributed by atoms with Crippen LogP contribution in [-0.2, 0) is 9.84 Å². The van der Waals surface area contributed by atoms with E-state index in [1.807, 2.05) is 32.9 Å². The molecule has 3 heteroatoms. The van der Waals surface area contributed by atoms with Crippen LogP contribution in [0.4, 0.5) is 0 Å². The monoisotopic (exact) mass is 254 g/mol. The van der Waals surface area contributed by atoms with Crippen molar-refractivity contribution < 1.29 is 8.42 Å². The third-order valence-corrected chi connectivity index (χ3v) is 4.73. The molecular weight excluding hydrogens is 232 g/mol. The van der Waals surface area contributed by atoms with Crippen LogP contribution in [0.5, 0.6) is 0 Å². The molecule has 0 amide bonds. The summed E-state index contributed by atoms with van der Waals surface area (Å²) in [5.41, 5.74) is 0.854. The van der Waals surface area contributed by atoms with Crippen LogP contribution in [0.15, 0.2) is 29.2 Å². The van der Waals surface area contributed by atoms with Crippen molar-refractivity contribution in [1.29, 1.82) is 0 Å². The average Bonchev–Trinajstić information content (AvgIpc) is 2.14. The van der Waals surface area contributed by atoms with Crippen LogP contribution in [0, 0.1) is 5.41 Å². The van der Waals surface area contributed by atoms with Gasteiger partial charge in [0.1, 0.15) is 0 Å². The van der Waals surface area contributed by atoms with E-state index in [1.165, 1.54) is 0 Å². The zero-order valence-corrected chi connectivity index (χ0v) is 12.1. The summed E-state index contributed by atoms with van der Waals surface area (Å²) in [6, 6.07) is 7.28. The molecule has 0 saturated carbocycles. The largest absolute Gasteiger partial charge is 0.224 e. The van der Waals surface area contributed by atoms with Crippen molar-refractivity contribution >= 4 is 9.84 Å². The fourth-order valence-corrected chi connectivity index (χ4v) is 3.63. The maximum atomic E-state index is 12.2. The number of hydrogen-bond acceptors (Lipinski definition) is 2. The van der Waals surface area contributed by atoms with Gasteiger partial charge in [0.15, 0.2) is 9.84 Å². The Morgan fingerprint density at radius 3 is 2.24 bits per heavy atom. The van der Waals surface area contributed by atoms with Crippen molar-refractivity contribution in [2.24, 2.45) is 5.41 Å². The van der Waals surface area contributed by atoms with E-state index in [0.29, 0.717) is 10.8 Å². The first kappa shape index (κ1) is 14.2. The molecule has 1 aromatic carbocycles. The molecule has 0 N–H and O–H groups in total. The summed E-state index contributed by atoms with van der Waals surface area (Å²) in [5.74, 6) is 0.529. The molecule has 0 atom stereocenters. The van der Waals surface area contributed by atoms with E-state index in [-0.39, 0.29) is 11.2 Å². The van der Waals surface area contributed by atoms with E-state index in [1.54, 1.807) is 12.1 Å². The van der Waals surface area contributed by atoms with Gasteiger partial charge in [0, 0.05) is 0 Å². The molecule has 0 spiro atoms. The van der Waals surface area contributed by atoms with Crippen LogP contribution in [0.2, 0.25) is 0 Å². The zero-order chi connectivity index (χ0) is 13.3. The molecular formula is C14H22O2S. The molecule has 0 saturated heterocycles. The molecule has 17 heavy (non-hydrogen) atoms. The van der Waals surface area contributed by atoms with Gasteiger partial charge in [-0.15, -0.1) is 0 Å². The minimum Gasteiger partial charge on any atom is -0.224 e. The van der Waals surface area contributed by atoms with Gasteiger partial charge in [0.05, 0.1) is 10.6 Å². The Morgan fingerprint density at radius 2 is 1.76 bits per heavy atom. The highest BCUT2D eigenvalue weighted by molar-refractivity contribution is 7.91. The van der Waals surface area contributed by atoms with Crippen molar-refractivity contribution in [2.45, 2.75) is 45.4 Å². The second-order valence-corrected chi connectivity index (χ2v) is 8.04. The molecule has 0 radical (unpaired) electrons. The van der Waals surface area contributed by atoms with Gasteiger partial charge in [-0.25, -0.2) is 8.42 Å². The summed E-state index contributed by atoms with van der Waals surface area (Å²) in [6.45, 7) is 9.95. The van der Waals surface area contributed by atoms with Gasteiger partial charge in [0.25, 0.3) is 0 Å². The first-order valence-corrected chi connectivity index (χ1v) is 7.60. The Balaban J connectivity index is 3.12. The van der Waals surface area contributed by atoms with Crippen LogP contribution in [0.3, 0.4) is 0 Å². The molecule has 0 fully saturated rings. The molecule has 0 aliphatic rings. The molecule has 0 aromatic heterocycles. The van der Waals surface area contributed by atoms with Crippen LogP contribution in [-0.4, -0.2) is 14.2 Å². The SMILES string of the molecule is CC(C)c1cccc(S(=O)(=O)CC(C)(C)C)c1. The Morgan fingerprint density at radius 1 is 1.18 bits per heavy atom. The Labute approximate surface area is 105 Å². The fraction of sp³-hybridized carbons (Fsp3) is 0.571. The third-order valence-electron chi connectivity index (χ3n) is 2.51.